The van der Waals surface area contributed by atoms with Gasteiger partial charge < -0.3 is 10.4 Å². The molecule has 26 heavy (non-hydrogen) atoms. The smallest absolute Gasteiger partial charge is 0.252 e. The summed E-state index contributed by atoms with van der Waals surface area (Å²) in [6.45, 7) is 3.98. The Balaban J connectivity index is 2.05. The van der Waals surface area contributed by atoms with Crippen LogP contribution in [0.3, 0.4) is 0 Å². The molecule has 5 nitrogen and oxygen atoms in total. The Bertz CT molecular complexity index is 896. The maximum absolute atomic E-state index is 13.0. The van der Waals surface area contributed by atoms with Crippen molar-refractivity contribution in [3.63, 3.8) is 0 Å². The van der Waals surface area contributed by atoms with Crippen LogP contribution in [0.2, 0.25) is 0 Å². The maximum atomic E-state index is 13.0. The summed E-state index contributed by atoms with van der Waals surface area (Å²) in [7, 11) is 0. The van der Waals surface area contributed by atoms with Gasteiger partial charge in [0, 0.05) is 23.3 Å². The minimum Gasteiger partial charge on any atom is -0.394 e. The van der Waals surface area contributed by atoms with Crippen molar-refractivity contribution in [2.45, 2.75) is 26.3 Å². The molecule has 0 bridgehead atoms. The van der Waals surface area contributed by atoms with E-state index in [1.807, 2.05) is 50.2 Å². The van der Waals surface area contributed by atoms with Crippen molar-refractivity contribution in [1.82, 2.24) is 15.3 Å². The molecule has 0 fully saturated rings. The van der Waals surface area contributed by atoms with Crippen LogP contribution in [0, 0.1) is 5.92 Å². The first-order valence-corrected chi connectivity index (χ1v) is 8.86. The fourth-order valence-electron chi connectivity index (χ4n) is 2.93. The summed E-state index contributed by atoms with van der Waals surface area (Å²) < 4.78 is 0. The number of para-hydroxylation sites is 1. The Kier molecular flexibility index (Phi) is 5.58. The van der Waals surface area contributed by atoms with Crippen molar-refractivity contribution in [2.24, 2.45) is 5.92 Å². The number of aromatic nitrogens is 2. The predicted molar refractivity (Wildman–Crippen MR) is 103 cm³/mol. The van der Waals surface area contributed by atoms with Crippen molar-refractivity contribution in [1.29, 1.82) is 0 Å². The summed E-state index contributed by atoms with van der Waals surface area (Å²) in [5.41, 5.74) is 2.95. The Morgan fingerprint density at radius 2 is 1.92 bits per heavy atom. The van der Waals surface area contributed by atoms with Crippen LogP contribution in [0.1, 0.15) is 30.6 Å². The number of hydrogen-bond donors (Lipinski definition) is 2. The number of hydrogen-bond acceptors (Lipinski definition) is 4. The molecule has 2 aromatic heterocycles. The third-order valence-corrected chi connectivity index (χ3v) is 4.78. The number of carbonyl (C=O) groups is 1. The topological polar surface area (TPSA) is 75.1 Å². The van der Waals surface area contributed by atoms with Gasteiger partial charge in [-0.3, -0.25) is 9.78 Å². The number of nitrogens with one attached hydrogen (secondary N) is 1. The molecule has 134 valence electrons. The number of amides is 1. The number of benzene rings is 1. The summed E-state index contributed by atoms with van der Waals surface area (Å²) in [4.78, 5) is 21.7. The Morgan fingerprint density at radius 3 is 2.62 bits per heavy atom. The van der Waals surface area contributed by atoms with Gasteiger partial charge in [-0.2, -0.15) is 0 Å². The van der Waals surface area contributed by atoms with Crippen LogP contribution in [0.5, 0.6) is 0 Å². The molecule has 0 spiro atoms. The fraction of sp³-hybridized carbons (Fsp3) is 0.286. The van der Waals surface area contributed by atoms with Gasteiger partial charge in [0.15, 0.2) is 0 Å². The molecule has 1 aromatic carbocycles. The summed E-state index contributed by atoms with van der Waals surface area (Å²) in [5.74, 6) is -0.00465. The molecule has 3 aromatic rings. The number of aliphatic hydroxyl groups excluding tert-OH is 1. The van der Waals surface area contributed by atoms with Crippen molar-refractivity contribution in [3.8, 4) is 11.3 Å². The average Bonchev–Trinajstić information content (AvgIpc) is 2.71. The van der Waals surface area contributed by atoms with Crippen molar-refractivity contribution < 1.29 is 9.90 Å². The highest BCUT2D eigenvalue weighted by molar-refractivity contribution is 6.07. The van der Waals surface area contributed by atoms with Gasteiger partial charge in [-0.25, -0.2) is 4.98 Å². The summed E-state index contributed by atoms with van der Waals surface area (Å²) in [5, 5.41) is 13.4. The second kappa shape index (κ2) is 8.06. The molecular weight excluding hydrogens is 326 g/mol. The lowest BCUT2D eigenvalue weighted by Crippen LogP contribution is -2.42. The van der Waals surface area contributed by atoms with Crippen molar-refractivity contribution in [3.05, 3.63) is 60.4 Å². The molecule has 2 heterocycles. The van der Waals surface area contributed by atoms with E-state index in [4.69, 9.17) is 0 Å². The fourth-order valence-corrected chi connectivity index (χ4v) is 2.93. The Labute approximate surface area is 153 Å². The second-order valence-corrected chi connectivity index (χ2v) is 6.46. The van der Waals surface area contributed by atoms with E-state index in [1.165, 1.54) is 0 Å². The molecule has 5 heteroatoms. The number of pyridine rings is 2. The molecule has 0 aliphatic heterocycles. The minimum absolute atomic E-state index is 0.0824. The van der Waals surface area contributed by atoms with E-state index in [0.29, 0.717) is 5.56 Å². The largest absolute Gasteiger partial charge is 0.394 e. The molecule has 0 saturated carbocycles. The third-order valence-electron chi connectivity index (χ3n) is 4.78. The summed E-state index contributed by atoms with van der Waals surface area (Å²) in [6, 6.07) is 12.9. The second-order valence-electron chi connectivity index (χ2n) is 6.46. The predicted octanol–water partition coefficient (Wildman–Crippen LogP) is 3.43. The molecule has 2 atom stereocenters. The van der Waals surface area contributed by atoms with E-state index in [9.17, 15) is 9.90 Å². The highest BCUT2D eigenvalue weighted by Crippen LogP contribution is 2.24. The first kappa shape index (κ1) is 18.0. The van der Waals surface area contributed by atoms with Crippen molar-refractivity contribution >= 4 is 16.8 Å². The molecule has 3 rings (SSSR count). The lowest BCUT2D eigenvalue weighted by molar-refractivity contribution is 0.0893. The summed E-state index contributed by atoms with van der Waals surface area (Å²) >= 11 is 0. The van der Waals surface area contributed by atoms with Crippen LogP contribution in [-0.4, -0.2) is 33.6 Å². The van der Waals surface area contributed by atoms with Crippen LogP contribution in [0.25, 0.3) is 22.2 Å². The number of carbonyl (C=O) groups excluding carboxylic acids is 1. The van der Waals surface area contributed by atoms with Crippen LogP contribution in [0.4, 0.5) is 0 Å². The summed E-state index contributed by atoms with van der Waals surface area (Å²) in [6.07, 6.45) is 4.29. The normalized spacial score (nSPS) is 13.3. The van der Waals surface area contributed by atoms with Gasteiger partial charge in [0.2, 0.25) is 0 Å². The van der Waals surface area contributed by atoms with Crippen LogP contribution < -0.4 is 5.32 Å². The third kappa shape index (κ3) is 3.73. The molecule has 0 radical (unpaired) electrons. The molecule has 0 saturated heterocycles. The molecular formula is C21H23N3O2. The van der Waals surface area contributed by atoms with E-state index < -0.39 is 0 Å². The standard InChI is InChI=1S/C21H23N3O2/c1-3-14(2)20(13-25)24-21(26)17-12-19(15-8-10-22-11-9-15)23-18-7-5-4-6-16(17)18/h4-12,14,20,25H,3,13H2,1-2H3,(H,24,26)/t14-,20-/m0/s1. The van der Waals surface area contributed by atoms with Crippen LogP contribution >= 0.6 is 0 Å². The zero-order valence-corrected chi connectivity index (χ0v) is 15.0. The quantitative estimate of drug-likeness (QED) is 0.715. The van der Waals surface area contributed by atoms with Gasteiger partial charge in [-0.15, -0.1) is 0 Å². The lowest BCUT2D eigenvalue weighted by atomic mass is 9.98. The SMILES string of the molecule is CC[C@H](C)[C@H](CO)NC(=O)c1cc(-c2ccncc2)nc2ccccc12. The van der Waals surface area contributed by atoms with Gasteiger partial charge in [0.1, 0.15) is 0 Å². The van der Waals surface area contributed by atoms with Gasteiger partial charge in [-0.1, -0.05) is 38.5 Å². The van der Waals surface area contributed by atoms with Gasteiger partial charge in [-0.05, 0) is 30.2 Å². The molecule has 0 aliphatic rings. The first-order valence-electron chi connectivity index (χ1n) is 8.86. The van der Waals surface area contributed by atoms with Crippen molar-refractivity contribution in [2.75, 3.05) is 6.61 Å². The van der Waals surface area contributed by atoms with Gasteiger partial charge >= 0.3 is 0 Å². The van der Waals surface area contributed by atoms with Gasteiger partial charge in [0.05, 0.1) is 29.4 Å². The zero-order chi connectivity index (χ0) is 18.5. The Morgan fingerprint density at radius 1 is 1.19 bits per heavy atom. The van der Waals surface area contributed by atoms with E-state index >= 15 is 0 Å². The molecule has 0 aliphatic carbocycles. The van der Waals surface area contributed by atoms with E-state index in [2.05, 4.69) is 15.3 Å². The zero-order valence-electron chi connectivity index (χ0n) is 15.0. The van der Waals surface area contributed by atoms with Gasteiger partial charge in [0.25, 0.3) is 5.91 Å². The highest BCUT2D eigenvalue weighted by atomic mass is 16.3. The molecule has 1 amide bonds. The van der Waals surface area contributed by atoms with E-state index in [-0.39, 0.29) is 24.5 Å². The number of rotatable bonds is 6. The number of fused-ring (bicyclic) bond motifs is 1. The molecule has 2 N–H and O–H groups in total. The number of nitrogens with zero attached hydrogens (tertiary/aromatic N) is 2. The number of aliphatic hydroxyl groups is 1. The monoisotopic (exact) mass is 349 g/mol. The maximum Gasteiger partial charge on any atom is 0.252 e. The molecule has 0 unspecified atom stereocenters. The lowest BCUT2D eigenvalue weighted by Gasteiger charge is -2.22. The minimum atomic E-state index is -0.274. The highest BCUT2D eigenvalue weighted by Gasteiger charge is 2.20. The van der Waals surface area contributed by atoms with Crippen LogP contribution in [0.15, 0.2) is 54.9 Å². The first-order chi connectivity index (χ1) is 12.6. The van der Waals surface area contributed by atoms with E-state index in [0.717, 1.165) is 28.6 Å². The van der Waals surface area contributed by atoms with E-state index in [1.54, 1.807) is 18.5 Å². The Hall–Kier alpha value is -2.79. The average molecular weight is 349 g/mol. The van der Waals surface area contributed by atoms with Crippen LogP contribution in [-0.2, 0) is 0 Å².